The molecule has 4 heteroatoms. The lowest BCUT2D eigenvalue weighted by Gasteiger charge is -2.11. The standard InChI is InChI=1S/C16H24N2O2/c1-15(2)13(16(15,3)4)9-18-12-7-6-10(8-11(12)17)14(19)20-5/h6-8,13,18H,9,17H2,1-5H3. The van der Waals surface area contributed by atoms with Crippen molar-refractivity contribution in [3.05, 3.63) is 23.8 Å². The second-order valence-corrected chi connectivity index (χ2v) is 6.67. The lowest BCUT2D eigenvalue weighted by molar-refractivity contribution is 0.0601. The van der Waals surface area contributed by atoms with Gasteiger partial charge >= 0.3 is 5.97 Å². The van der Waals surface area contributed by atoms with Crippen LogP contribution in [0.5, 0.6) is 0 Å². The summed E-state index contributed by atoms with van der Waals surface area (Å²) in [5.41, 5.74) is 8.60. The Bertz CT molecular complexity index is 521. The van der Waals surface area contributed by atoms with Gasteiger partial charge in [-0.2, -0.15) is 0 Å². The Morgan fingerprint density at radius 3 is 2.35 bits per heavy atom. The summed E-state index contributed by atoms with van der Waals surface area (Å²) >= 11 is 0. The molecule has 1 aromatic rings. The van der Waals surface area contributed by atoms with E-state index in [9.17, 15) is 4.79 Å². The minimum absolute atomic E-state index is 0.348. The van der Waals surface area contributed by atoms with Gasteiger partial charge < -0.3 is 15.8 Å². The minimum atomic E-state index is -0.368. The summed E-state index contributed by atoms with van der Waals surface area (Å²) in [6.07, 6.45) is 0. The summed E-state index contributed by atoms with van der Waals surface area (Å²) in [5.74, 6) is 0.252. The molecule has 20 heavy (non-hydrogen) atoms. The molecule has 0 unspecified atom stereocenters. The fourth-order valence-corrected chi connectivity index (χ4v) is 3.02. The van der Waals surface area contributed by atoms with E-state index in [0.717, 1.165) is 12.2 Å². The molecule has 0 atom stereocenters. The number of benzene rings is 1. The van der Waals surface area contributed by atoms with Crippen molar-refractivity contribution in [3.8, 4) is 0 Å². The van der Waals surface area contributed by atoms with Gasteiger partial charge in [-0.1, -0.05) is 27.7 Å². The zero-order chi connectivity index (χ0) is 15.1. The van der Waals surface area contributed by atoms with Crippen LogP contribution in [-0.4, -0.2) is 19.6 Å². The molecule has 2 rings (SSSR count). The van der Waals surface area contributed by atoms with Crippen LogP contribution in [0.4, 0.5) is 11.4 Å². The first-order chi connectivity index (χ1) is 9.21. The largest absolute Gasteiger partial charge is 0.465 e. The van der Waals surface area contributed by atoms with E-state index in [0.29, 0.717) is 28.0 Å². The fraction of sp³-hybridized carbons (Fsp3) is 0.562. The average molecular weight is 276 g/mol. The summed E-state index contributed by atoms with van der Waals surface area (Å²) in [7, 11) is 1.36. The highest BCUT2D eigenvalue weighted by Crippen LogP contribution is 2.68. The summed E-state index contributed by atoms with van der Waals surface area (Å²) in [4.78, 5) is 11.4. The highest BCUT2D eigenvalue weighted by molar-refractivity contribution is 5.91. The number of hydrogen-bond donors (Lipinski definition) is 2. The van der Waals surface area contributed by atoms with Crippen LogP contribution < -0.4 is 11.1 Å². The number of methoxy groups -OCH3 is 1. The maximum absolute atomic E-state index is 11.4. The molecule has 0 amide bonds. The van der Waals surface area contributed by atoms with Crippen molar-refractivity contribution in [2.75, 3.05) is 24.7 Å². The number of anilines is 2. The van der Waals surface area contributed by atoms with Crippen LogP contribution in [0, 0.1) is 16.7 Å². The summed E-state index contributed by atoms with van der Waals surface area (Å²) < 4.78 is 4.68. The average Bonchev–Trinajstić information content (AvgIpc) is 2.77. The molecule has 1 aliphatic carbocycles. The lowest BCUT2D eigenvalue weighted by atomic mass is 10.0. The van der Waals surface area contributed by atoms with Gasteiger partial charge in [-0.05, 0) is 34.9 Å². The van der Waals surface area contributed by atoms with E-state index in [-0.39, 0.29) is 5.97 Å². The molecular formula is C16H24N2O2. The molecule has 110 valence electrons. The van der Waals surface area contributed by atoms with E-state index in [1.165, 1.54) is 7.11 Å². The first-order valence-electron chi connectivity index (χ1n) is 6.93. The van der Waals surface area contributed by atoms with Crippen LogP contribution in [0.15, 0.2) is 18.2 Å². The number of nitrogens with one attached hydrogen (secondary N) is 1. The fourth-order valence-electron chi connectivity index (χ4n) is 3.02. The first kappa shape index (κ1) is 14.7. The molecule has 0 spiro atoms. The maximum Gasteiger partial charge on any atom is 0.337 e. The summed E-state index contributed by atoms with van der Waals surface area (Å²) in [6.45, 7) is 10.1. The highest BCUT2D eigenvalue weighted by Gasteiger charge is 2.64. The molecule has 1 fully saturated rings. The number of rotatable bonds is 4. The van der Waals surface area contributed by atoms with Crippen molar-refractivity contribution in [1.82, 2.24) is 0 Å². The minimum Gasteiger partial charge on any atom is -0.465 e. The Labute approximate surface area is 120 Å². The molecule has 1 aliphatic rings. The third-order valence-corrected chi connectivity index (χ3v) is 5.29. The van der Waals surface area contributed by atoms with E-state index < -0.39 is 0 Å². The third-order valence-electron chi connectivity index (χ3n) is 5.29. The Morgan fingerprint density at radius 2 is 1.90 bits per heavy atom. The Kier molecular flexibility index (Phi) is 3.44. The maximum atomic E-state index is 11.4. The second-order valence-electron chi connectivity index (χ2n) is 6.67. The third kappa shape index (κ3) is 2.23. The van der Waals surface area contributed by atoms with Gasteiger partial charge in [0.05, 0.1) is 24.0 Å². The summed E-state index contributed by atoms with van der Waals surface area (Å²) in [6, 6.07) is 5.22. The van der Waals surface area contributed by atoms with Gasteiger partial charge in [0.2, 0.25) is 0 Å². The first-order valence-corrected chi connectivity index (χ1v) is 6.93. The van der Waals surface area contributed by atoms with E-state index in [4.69, 9.17) is 5.73 Å². The molecule has 1 aromatic carbocycles. The van der Waals surface area contributed by atoms with E-state index >= 15 is 0 Å². The predicted octanol–water partition coefficient (Wildman–Crippen LogP) is 3.15. The van der Waals surface area contributed by atoms with Crippen LogP contribution in [0.2, 0.25) is 0 Å². The number of carbonyl (C=O) groups is 1. The quantitative estimate of drug-likeness (QED) is 0.655. The Hall–Kier alpha value is -1.71. The van der Waals surface area contributed by atoms with E-state index in [1.54, 1.807) is 12.1 Å². The van der Waals surface area contributed by atoms with Gasteiger partial charge in [-0.25, -0.2) is 4.79 Å². The molecular weight excluding hydrogens is 252 g/mol. The van der Waals surface area contributed by atoms with Crippen LogP contribution in [0.3, 0.4) is 0 Å². The van der Waals surface area contributed by atoms with E-state index in [2.05, 4.69) is 37.7 Å². The number of nitrogens with two attached hydrogens (primary N) is 1. The molecule has 0 aliphatic heterocycles. The normalized spacial score (nSPS) is 19.4. The van der Waals surface area contributed by atoms with Gasteiger partial charge in [0.1, 0.15) is 0 Å². The molecule has 0 bridgehead atoms. The molecule has 0 radical (unpaired) electrons. The van der Waals surface area contributed by atoms with Crippen molar-refractivity contribution in [1.29, 1.82) is 0 Å². The summed E-state index contributed by atoms with van der Waals surface area (Å²) in [5, 5.41) is 3.39. The van der Waals surface area contributed by atoms with Crippen LogP contribution >= 0.6 is 0 Å². The topological polar surface area (TPSA) is 64.3 Å². The highest BCUT2D eigenvalue weighted by atomic mass is 16.5. The van der Waals surface area contributed by atoms with Crippen molar-refractivity contribution in [3.63, 3.8) is 0 Å². The number of esters is 1. The molecule has 0 heterocycles. The van der Waals surface area contributed by atoms with Crippen molar-refractivity contribution in [2.45, 2.75) is 27.7 Å². The predicted molar refractivity (Wildman–Crippen MR) is 81.7 cm³/mol. The molecule has 4 nitrogen and oxygen atoms in total. The van der Waals surface area contributed by atoms with Crippen molar-refractivity contribution >= 4 is 17.3 Å². The van der Waals surface area contributed by atoms with Gasteiger partial charge in [0.15, 0.2) is 0 Å². The van der Waals surface area contributed by atoms with Crippen LogP contribution in [-0.2, 0) is 4.74 Å². The number of carbonyl (C=O) groups excluding carboxylic acids is 1. The SMILES string of the molecule is COC(=O)c1ccc(NCC2C(C)(C)C2(C)C)c(N)c1. The van der Waals surface area contributed by atoms with Crippen molar-refractivity contribution < 1.29 is 9.53 Å². The number of nitrogen functional groups attached to an aromatic ring is 1. The number of ether oxygens (including phenoxy) is 1. The van der Waals surface area contributed by atoms with Crippen LogP contribution in [0.25, 0.3) is 0 Å². The van der Waals surface area contributed by atoms with Gasteiger partial charge in [-0.15, -0.1) is 0 Å². The second kappa shape index (κ2) is 4.69. The van der Waals surface area contributed by atoms with E-state index in [1.807, 2.05) is 6.07 Å². The Morgan fingerprint density at radius 1 is 1.30 bits per heavy atom. The molecule has 1 saturated carbocycles. The Balaban J connectivity index is 2.03. The molecule has 0 aromatic heterocycles. The van der Waals surface area contributed by atoms with Gasteiger partial charge in [0, 0.05) is 6.54 Å². The molecule has 0 saturated heterocycles. The van der Waals surface area contributed by atoms with Crippen molar-refractivity contribution in [2.24, 2.45) is 16.7 Å². The van der Waals surface area contributed by atoms with Crippen LogP contribution in [0.1, 0.15) is 38.1 Å². The van der Waals surface area contributed by atoms with Gasteiger partial charge in [-0.3, -0.25) is 0 Å². The van der Waals surface area contributed by atoms with Gasteiger partial charge in [0.25, 0.3) is 0 Å². The monoisotopic (exact) mass is 276 g/mol. The molecule has 3 N–H and O–H groups in total. The zero-order valence-electron chi connectivity index (χ0n) is 12.9. The lowest BCUT2D eigenvalue weighted by Crippen LogP contribution is -2.10. The zero-order valence-corrected chi connectivity index (χ0v) is 12.9. The smallest absolute Gasteiger partial charge is 0.337 e. The number of hydrogen-bond acceptors (Lipinski definition) is 4.